The third-order valence-corrected chi connectivity index (χ3v) is 3.54. The van der Waals surface area contributed by atoms with Crippen LogP contribution >= 0.6 is 0 Å². The number of hydrogen-bond donors (Lipinski definition) is 0. The van der Waals surface area contributed by atoms with Gasteiger partial charge in [-0.25, -0.2) is 0 Å². The van der Waals surface area contributed by atoms with Crippen molar-refractivity contribution in [2.24, 2.45) is 0 Å². The van der Waals surface area contributed by atoms with Crippen molar-refractivity contribution in [2.45, 2.75) is 33.2 Å². The molecule has 0 N–H and O–H groups in total. The number of carbonyl (C=O) groups is 3. The third kappa shape index (κ3) is 3.52. The number of likely N-dealkylation sites (tertiary alicyclic amines) is 1. The normalized spacial score (nSPS) is 14.2. The van der Waals surface area contributed by atoms with Crippen LogP contribution in [0.3, 0.4) is 0 Å². The highest BCUT2D eigenvalue weighted by atomic mass is 16.6. The maximum absolute atomic E-state index is 11.7. The third-order valence-electron chi connectivity index (χ3n) is 3.54. The second kappa shape index (κ2) is 6.55. The van der Waals surface area contributed by atoms with Gasteiger partial charge >= 0.3 is 11.7 Å². The Kier molecular flexibility index (Phi) is 4.72. The minimum Gasteiger partial charge on any atom is -0.454 e. The number of nitro groups is 1. The highest BCUT2D eigenvalue weighted by Gasteiger charge is 2.27. The Morgan fingerprint density at radius 3 is 2.61 bits per heavy atom. The van der Waals surface area contributed by atoms with Crippen molar-refractivity contribution in [3.8, 4) is 0 Å². The van der Waals surface area contributed by atoms with E-state index in [2.05, 4.69) is 5.10 Å². The molecule has 1 aromatic heterocycles. The summed E-state index contributed by atoms with van der Waals surface area (Å²) in [5, 5.41) is 14.8. The molecule has 1 fully saturated rings. The zero-order valence-corrected chi connectivity index (χ0v) is 12.8. The number of nitrogens with zero attached hydrogens (tertiary/aromatic N) is 4. The molecular weight excluding hydrogens is 308 g/mol. The summed E-state index contributed by atoms with van der Waals surface area (Å²) in [5.74, 6) is -1.61. The predicted molar refractivity (Wildman–Crippen MR) is 75.3 cm³/mol. The van der Waals surface area contributed by atoms with E-state index in [1.165, 1.54) is 13.8 Å². The maximum Gasteiger partial charge on any atom is 0.328 e. The van der Waals surface area contributed by atoms with E-state index in [0.29, 0.717) is 19.4 Å². The highest BCUT2D eigenvalue weighted by molar-refractivity contribution is 5.97. The van der Waals surface area contributed by atoms with Gasteiger partial charge in [0, 0.05) is 13.0 Å². The van der Waals surface area contributed by atoms with Gasteiger partial charge in [0.2, 0.25) is 5.91 Å². The number of ether oxygens (including phenoxy) is 1. The second-order valence-electron chi connectivity index (χ2n) is 5.14. The van der Waals surface area contributed by atoms with Crippen LogP contribution in [0.15, 0.2) is 0 Å². The van der Waals surface area contributed by atoms with Gasteiger partial charge in [-0.1, -0.05) is 0 Å². The van der Waals surface area contributed by atoms with Crippen LogP contribution in [0, 0.1) is 24.0 Å². The molecule has 0 bridgehead atoms. The van der Waals surface area contributed by atoms with Gasteiger partial charge < -0.3 is 4.74 Å². The molecule has 1 aliphatic heterocycles. The van der Waals surface area contributed by atoms with Crippen molar-refractivity contribution < 1.29 is 24.0 Å². The zero-order valence-electron chi connectivity index (χ0n) is 12.8. The number of aryl methyl sites for hydroxylation is 1. The zero-order chi connectivity index (χ0) is 17.1. The van der Waals surface area contributed by atoms with E-state index in [1.807, 2.05) is 0 Å². The van der Waals surface area contributed by atoms with Crippen LogP contribution in [0.4, 0.5) is 5.69 Å². The van der Waals surface area contributed by atoms with E-state index < -0.39 is 23.4 Å². The highest BCUT2D eigenvalue weighted by Crippen LogP contribution is 2.21. The first kappa shape index (κ1) is 16.6. The van der Waals surface area contributed by atoms with Gasteiger partial charge in [-0.2, -0.15) is 5.10 Å². The molecule has 0 spiro atoms. The van der Waals surface area contributed by atoms with E-state index >= 15 is 0 Å². The number of carbonyl (C=O) groups excluding carboxylic acids is 3. The van der Waals surface area contributed by atoms with Crippen LogP contribution < -0.4 is 0 Å². The molecule has 0 aliphatic carbocycles. The number of esters is 1. The first-order chi connectivity index (χ1) is 10.8. The smallest absolute Gasteiger partial charge is 0.328 e. The molecule has 1 aliphatic rings. The Bertz CT molecular complexity index is 680. The van der Waals surface area contributed by atoms with Crippen molar-refractivity contribution in [1.29, 1.82) is 0 Å². The molecule has 0 radical (unpaired) electrons. The molecule has 2 amide bonds. The fourth-order valence-corrected chi connectivity index (χ4v) is 2.41. The number of imide groups is 1. The molecule has 0 unspecified atom stereocenters. The Labute approximate surface area is 131 Å². The molecule has 2 rings (SSSR count). The average Bonchev–Trinajstić information content (AvgIpc) is 3.00. The van der Waals surface area contributed by atoms with Gasteiger partial charge in [-0.05, 0) is 20.3 Å². The average molecular weight is 324 g/mol. The van der Waals surface area contributed by atoms with Crippen LogP contribution in [-0.4, -0.2) is 50.5 Å². The molecule has 124 valence electrons. The van der Waals surface area contributed by atoms with Crippen LogP contribution in [0.5, 0.6) is 0 Å². The molecule has 0 aromatic carbocycles. The van der Waals surface area contributed by atoms with E-state index in [9.17, 15) is 24.5 Å². The second-order valence-corrected chi connectivity index (χ2v) is 5.14. The Morgan fingerprint density at radius 2 is 2.09 bits per heavy atom. The summed E-state index contributed by atoms with van der Waals surface area (Å²) >= 11 is 0. The summed E-state index contributed by atoms with van der Waals surface area (Å²) in [7, 11) is 0. The number of rotatable bonds is 5. The van der Waals surface area contributed by atoms with Crippen molar-refractivity contribution >= 4 is 23.5 Å². The first-order valence-electron chi connectivity index (χ1n) is 6.98. The van der Waals surface area contributed by atoms with Gasteiger partial charge in [0.05, 0.1) is 4.92 Å². The van der Waals surface area contributed by atoms with Crippen molar-refractivity contribution in [3.63, 3.8) is 0 Å². The summed E-state index contributed by atoms with van der Waals surface area (Å²) < 4.78 is 5.97. The monoisotopic (exact) mass is 324 g/mol. The molecule has 1 aromatic rings. The lowest BCUT2D eigenvalue weighted by atomic mass is 10.3. The summed E-state index contributed by atoms with van der Waals surface area (Å²) in [4.78, 5) is 46.3. The molecule has 0 saturated carbocycles. The molecule has 0 atom stereocenters. The lowest BCUT2D eigenvalue weighted by Crippen LogP contribution is -2.35. The molecule has 10 nitrogen and oxygen atoms in total. The van der Waals surface area contributed by atoms with E-state index in [4.69, 9.17) is 4.74 Å². The van der Waals surface area contributed by atoms with Gasteiger partial charge in [-0.3, -0.25) is 34.1 Å². The molecule has 10 heteroatoms. The molecular formula is C13H16N4O6. The summed E-state index contributed by atoms with van der Waals surface area (Å²) in [6.45, 7) is 2.39. The lowest BCUT2D eigenvalue weighted by molar-refractivity contribution is -0.386. The SMILES string of the molecule is Cc1nn(CC(=O)OCC(=O)N2CCCC2=O)c(C)c1[N+](=O)[O-]. The van der Waals surface area contributed by atoms with Crippen molar-refractivity contribution in [3.05, 3.63) is 21.5 Å². The fourth-order valence-electron chi connectivity index (χ4n) is 2.41. The van der Waals surface area contributed by atoms with Crippen LogP contribution in [-0.2, 0) is 25.7 Å². The molecule has 1 saturated heterocycles. The molecule has 23 heavy (non-hydrogen) atoms. The number of hydrogen-bond acceptors (Lipinski definition) is 7. The topological polar surface area (TPSA) is 125 Å². The Hall–Kier alpha value is -2.78. The minimum absolute atomic E-state index is 0.156. The Balaban J connectivity index is 1.93. The maximum atomic E-state index is 11.7. The van der Waals surface area contributed by atoms with Gasteiger partial charge in [0.15, 0.2) is 6.61 Å². The first-order valence-corrected chi connectivity index (χ1v) is 6.98. The van der Waals surface area contributed by atoms with E-state index in [1.54, 1.807) is 0 Å². The van der Waals surface area contributed by atoms with Gasteiger partial charge in [0.1, 0.15) is 17.9 Å². The summed E-state index contributed by atoms with van der Waals surface area (Å²) in [5.41, 5.74) is 0.265. The van der Waals surface area contributed by atoms with Crippen molar-refractivity contribution in [2.75, 3.05) is 13.2 Å². The predicted octanol–water partition coefficient (Wildman–Crippen LogP) is 0.100. The number of amides is 2. The van der Waals surface area contributed by atoms with Crippen molar-refractivity contribution in [1.82, 2.24) is 14.7 Å². The van der Waals surface area contributed by atoms with Crippen LogP contribution in [0.1, 0.15) is 24.2 Å². The fraction of sp³-hybridized carbons (Fsp3) is 0.538. The van der Waals surface area contributed by atoms with Gasteiger partial charge in [-0.15, -0.1) is 0 Å². The summed E-state index contributed by atoms with van der Waals surface area (Å²) in [6.07, 6.45) is 0.920. The largest absolute Gasteiger partial charge is 0.454 e. The molecule has 2 heterocycles. The minimum atomic E-state index is -0.759. The van der Waals surface area contributed by atoms with E-state index in [-0.39, 0.29) is 29.5 Å². The Morgan fingerprint density at radius 1 is 1.39 bits per heavy atom. The standard InChI is InChI=1S/C13H16N4O6/c1-8-13(17(21)22)9(2)16(14-8)6-12(20)23-7-11(19)15-5-3-4-10(15)18/h3-7H2,1-2H3. The van der Waals surface area contributed by atoms with E-state index in [0.717, 1.165) is 9.58 Å². The number of aromatic nitrogens is 2. The summed E-state index contributed by atoms with van der Waals surface area (Å²) in [6, 6.07) is 0. The quantitative estimate of drug-likeness (QED) is 0.427. The van der Waals surface area contributed by atoms with Crippen LogP contribution in [0.2, 0.25) is 0 Å². The van der Waals surface area contributed by atoms with Crippen LogP contribution in [0.25, 0.3) is 0 Å². The lowest BCUT2D eigenvalue weighted by Gasteiger charge is -2.13. The van der Waals surface area contributed by atoms with Gasteiger partial charge in [0.25, 0.3) is 5.91 Å².